The van der Waals surface area contributed by atoms with Crippen LogP contribution in [0.5, 0.6) is 0 Å². The number of benzene rings is 3. The highest BCUT2D eigenvalue weighted by Gasteiger charge is 2.34. The molecule has 1 amide bonds. The van der Waals surface area contributed by atoms with Gasteiger partial charge in [0.15, 0.2) is 0 Å². The minimum atomic E-state index is -0.440. The van der Waals surface area contributed by atoms with Gasteiger partial charge in [-0.05, 0) is 29.8 Å². The summed E-state index contributed by atoms with van der Waals surface area (Å²) in [7, 11) is 0. The fourth-order valence-corrected chi connectivity index (χ4v) is 3.84. The molecule has 146 valence electrons. The van der Waals surface area contributed by atoms with Crippen LogP contribution in [0.4, 0.5) is 11.4 Å². The van der Waals surface area contributed by atoms with Crippen molar-refractivity contribution in [3.63, 3.8) is 0 Å². The number of nitrogens with one attached hydrogen (secondary N) is 1. The van der Waals surface area contributed by atoms with Crippen LogP contribution in [0.1, 0.15) is 27.2 Å². The number of para-hydroxylation sites is 2. The van der Waals surface area contributed by atoms with Gasteiger partial charge in [0.05, 0.1) is 39.5 Å². The van der Waals surface area contributed by atoms with Gasteiger partial charge >= 0.3 is 0 Å². The van der Waals surface area contributed by atoms with Gasteiger partial charge in [-0.15, -0.1) is 0 Å². The number of H-pyrrole nitrogens is 1. The lowest BCUT2D eigenvalue weighted by Crippen LogP contribution is -2.23. The van der Waals surface area contributed by atoms with Gasteiger partial charge in [-0.2, -0.15) is 5.10 Å². The molecule has 1 aliphatic heterocycles. The van der Waals surface area contributed by atoms with E-state index in [9.17, 15) is 14.9 Å². The van der Waals surface area contributed by atoms with Gasteiger partial charge in [0.25, 0.3) is 11.6 Å². The molecule has 2 heterocycles. The highest BCUT2D eigenvalue weighted by molar-refractivity contribution is 6.11. The highest BCUT2D eigenvalue weighted by atomic mass is 16.6. The summed E-state index contributed by atoms with van der Waals surface area (Å²) in [5.41, 5.74) is 4.07. The smallest absolute Gasteiger partial charge is 0.275 e. The molecule has 0 atom stereocenters. The van der Waals surface area contributed by atoms with Crippen molar-refractivity contribution in [3.05, 3.63) is 99.2 Å². The van der Waals surface area contributed by atoms with Gasteiger partial charge in [0, 0.05) is 11.5 Å². The summed E-state index contributed by atoms with van der Waals surface area (Å²) in [6.07, 6.45) is 3.80. The molecule has 1 aliphatic rings. The number of carbonyl (C=O) groups is 1. The molecular weight excluding hydrogens is 380 g/mol. The molecule has 30 heavy (non-hydrogen) atoms. The third kappa shape index (κ3) is 2.84. The second-order valence-corrected chi connectivity index (χ2v) is 7.00. The van der Waals surface area contributed by atoms with Crippen LogP contribution in [0.15, 0.2) is 66.7 Å². The van der Waals surface area contributed by atoms with Crippen molar-refractivity contribution < 1.29 is 9.72 Å². The molecule has 1 N–H and O–H groups in total. The second kappa shape index (κ2) is 6.97. The van der Waals surface area contributed by atoms with Gasteiger partial charge in [0.2, 0.25) is 0 Å². The normalized spacial score (nSPS) is 13.3. The monoisotopic (exact) mass is 396 g/mol. The molecule has 7 heteroatoms. The molecular formula is C23H16N4O3. The van der Waals surface area contributed by atoms with Crippen molar-refractivity contribution in [2.45, 2.75) is 6.54 Å². The molecule has 0 unspecified atom stereocenters. The standard InChI is InChI=1S/C23H16N4O3/c28-23-16-8-5-11-22(27(29)30)18(16)14-26(23)21-10-4-1-6-15(21)12-13-20-17-7-2-3-9-19(17)24-25-20/h1-13H,14H2,(H,24,25)/b13-12+. The molecule has 7 nitrogen and oxygen atoms in total. The van der Waals surface area contributed by atoms with E-state index in [2.05, 4.69) is 10.2 Å². The Balaban J connectivity index is 1.52. The number of fused-ring (bicyclic) bond motifs is 2. The Labute approximate surface area is 171 Å². The van der Waals surface area contributed by atoms with Gasteiger partial charge in [-0.1, -0.05) is 48.5 Å². The number of hydrogen-bond donors (Lipinski definition) is 1. The number of aromatic amines is 1. The van der Waals surface area contributed by atoms with E-state index in [0.717, 1.165) is 22.2 Å². The van der Waals surface area contributed by atoms with Crippen molar-refractivity contribution in [1.29, 1.82) is 0 Å². The van der Waals surface area contributed by atoms with Crippen molar-refractivity contribution in [3.8, 4) is 0 Å². The summed E-state index contributed by atoms with van der Waals surface area (Å²) in [6, 6.07) is 20.0. The third-order valence-corrected chi connectivity index (χ3v) is 5.29. The Hall–Kier alpha value is -4.26. The third-order valence-electron chi connectivity index (χ3n) is 5.29. The highest BCUT2D eigenvalue weighted by Crippen LogP contribution is 2.35. The summed E-state index contributed by atoms with van der Waals surface area (Å²) in [6.45, 7) is 0.168. The van der Waals surface area contributed by atoms with Gasteiger partial charge in [0.1, 0.15) is 0 Å². The predicted octanol–water partition coefficient (Wildman–Crippen LogP) is 4.80. The first-order valence-electron chi connectivity index (χ1n) is 9.42. The number of nitro groups is 1. The first-order valence-corrected chi connectivity index (χ1v) is 9.42. The van der Waals surface area contributed by atoms with Gasteiger partial charge < -0.3 is 4.90 Å². The molecule has 0 saturated heterocycles. The fraction of sp³-hybridized carbons (Fsp3) is 0.0435. The summed E-state index contributed by atoms with van der Waals surface area (Å²) < 4.78 is 0. The van der Waals surface area contributed by atoms with E-state index in [0.29, 0.717) is 16.8 Å². The number of anilines is 1. The molecule has 0 aliphatic carbocycles. The van der Waals surface area contributed by atoms with Crippen LogP contribution < -0.4 is 4.90 Å². The number of nitro benzene ring substituents is 1. The Kier molecular flexibility index (Phi) is 4.14. The minimum absolute atomic E-state index is 0.0284. The van der Waals surface area contributed by atoms with Crippen LogP contribution in [-0.2, 0) is 6.54 Å². The first-order chi connectivity index (χ1) is 14.6. The lowest BCUT2D eigenvalue weighted by atomic mass is 10.1. The van der Waals surface area contributed by atoms with E-state index >= 15 is 0 Å². The largest absolute Gasteiger partial charge is 0.303 e. The molecule has 0 bridgehead atoms. The molecule has 0 fully saturated rings. The van der Waals surface area contributed by atoms with Crippen LogP contribution in [0.25, 0.3) is 23.1 Å². The zero-order chi connectivity index (χ0) is 20.7. The van der Waals surface area contributed by atoms with E-state index in [1.54, 1.807) is 17.0 Å². The number of nitrogens with zero attached hydrogens (tertiary/aromatic N) is 3. The SMILES string of the molecule is O=C1c2cccc([N+](=O)[O-])c2CN1c1ccccc1/C=C/c1n[nH]c2ccccc12. The summed E-state index contributed by atoms with van der Waals surface area (Å²) in [5, 5.41) is 19.7. The Morgan fingerprint density at radius 2 is 1.80 bits per heavy atom. The molecule has 0 spiro atoms. The first kappa shape index (κ1) is 17.8. The maximum absolute atomic E-state index is 13.0. The zero-order valence-corrected chi connectivity index (χ0v) is 15.8. The molecule has 4 aromatic rings. The van der Waals surface area contributed by atoms with Crippen molar-refractivity contribution in [1.82, 2.24) is 10.2 Å². The van der Waals surface area contributed by atoms with Crippen molar-refractivity contribution in [2.24, 2.45) is 0 Å². The number of hydrogen-bond acceptors (Lipinski definition) is 4. The van der Waals surface area contributed by atoms with Gasteiger partial charge in [-0.25, -0.2) is 0 Å². The maximum Gasteiger partial charge on any atom is 0.275 e. The molecule has 5 rings (SSSR count). The zero-order valence-electron chi connectivity index (χ0n) is 15.8. The molecule has 3 aromatic carbocycles. The topological polar surface area (TPSA) is 92.1 Å². The summed E-state index contributed by atoms with van der Waals surface area (Å²) in [5.74, 6) is -0.236. The molecule has 0 radical (unpaired) electrons. The Morgan fingerprint density at radius 1 is 1.00 bits per heavy atom. The van der Waals surface area contributed by atoms with E-state index in [-0.39, 0.29) is 18.1 Å². The van der Waals surface area contributed by atoms with E-state index in [4.69, 9.17) is 0 Å². The van der Waals surface area contributed by atoms with E-state index in [1.807, 2.05) is 60.7 Å². The average molecular weight is 396 g/mol. The van der Waals surface area contributed by atoms with Crippen LogP contribution >= 0.6 is 0 Å². The molecule has 0 saturated carbocycles. The number of aromatic nitrogens is 2. The van der Waals surface area contributed by atoms with Gasteiger partial charge in [-0.3, -0.25) is 20.0 Å². The van der Waals surface area contributed by atoms with E-state index in [1.165, 1.54) is 6.07 Å². The summed E-state index contributed by atoms with van der Waals surface area (Å²) in [4.78, 5) is 25.5. The minimum Gasteiger partial charge on any atom is -0.303 e. The van der Waals surface area contributed by atoms with Crippen LogP contribution in [0, 0.1) is 10.1 Å². The van der Waals surface area contributed by atoms with Crippen molar-refractivity contribution in [2.75, 3.05) is 4.90 Å². The van der Waals surface area contributed by atoms with Crippen molar-refractivity contribution >= 4 is 40.3 Å². The summed E-state index contributed by atoms with van der Waals surface area (Å²) >= 11 is 0. The second-order valence-electron chi connectivity index (χ2n) is 7.00. The Morgan fingerprint density at radius 3 is 2.67 bits per heavy atom. The van der Waals surface area contributed by atoms with Crippen LogP contribution in [-0.4, -0.2) is 21.0 Å². The van der Waals surface area contributed by atoms with E-state index < -0.39 is 4.92 Å². The lowest BCUT2D eigenvalue weighted by Gasteiger charge is -2.18. The number of amides is 1. The van der Waals surface area contributed by atoms with Crippen LogP contribution in [0.2, 0.25) is 0 Å². The lowest BCUT2D eigenvalue weighted by molar-refractivity contribution is -0.385. The fourth-order valence-electron chi connectivity index (χ4n) is 3.84. The molecule has 1 aromatic heterocycles. The average Bonchev–Trinajstić information content (AvgIpc) is 3.33. The number of carbonyl (C=O) groups excluding carboxylic acids is 1. The van der Waals surface area contributed by atoms with Crippen LogP contribution in [0.3, 0.4) is 0 Å². The Bertz CT molecular complexity index is 1340. The quantitative estimate of drug-likeness (QED) is 0.396. The number of rotatable bonds is 4. The maximum atomic E-state index is 13.0. The predicted molar refractivity (Wildman–Crippen MR) is 115 cm³/mol.